The quantitative estimate of drug-likeness (QED) is 0.597. The lowest BCUT2D eigenvalue weighted by molar-refractivity contribution is -0.384. The summed E-state index contributed by atoms with van der Waals surface area (Å²) in [6, 6.07) is 6.83. The summed E-state index contributed by atoms with van der Waals surface area (Å²) in [5, 5.41) is 19.5. The molecule has 0 saturated carbocycles. The highest BCUT2D eigenvalue weighted by atomic mass is 32.3. The Morgan fingerprint density at radius 3 is 2.82 bits per heavy atom. The third kappa shape index (κ3) is 1.89. The molecule has 0 fully saturated rings. The molecule has 88 valence electrons. The minimum Gasteiger partial charge on any atom is -0.258 e. The molecule has 0 amide bonds. The van der Waals surface area contributed by atoms with Crippen LogP contribution in [0.3, 0.4) is 0 Å². The second kappa shape index (κ2) is 3.86. The van der Waals surface area contributed by atoms with Gasteiger partial charge in [0, 0.05) is 22.6 Å². The van der Waals surface area contributed by atoms with Gasteiger partial charge in [0.1, 0.15) is 0 Å². The summed E-state index contributed by atoms with van der Waals surface area (Å²) in [5.74, 6) is 0. The number of nitro benzene ring substituents is 1. The maximum Gasteiger partial charge on any atom is 0.270 e. The van der Waals surface area contributed by atoms with Gasteiger partial charge in [0.2, 0.25) is 0 Å². The Kier molecular flexibility index (Phi) is 2.63. The molecule has 0 radical (unpaired) electrons. The third-order valence-corrected chi connectivity index (χ3v) is 4.72. The fraction of sp³-hybridized carbons (Fsp3) is 0.273. The van der Waals surface area contributed by atoms with Crippen molar-refractivity contribution < 1.29 is 4.92 Å². The van der Waals surface area contributed by atoms with Gasteiger partial charge in [-0.1, -0.05) is 0 Å². The molecule has 0 aliphatic carbocycles. The molecule has 2 rings (SSSR count). The van der Waals surface area contributed by atoms with Crippen LogP contribution >= 0.6 is 10.2 Å². The molecule has 0 unspecified atom stereocenters. The number of hydrogen-bond acceptors (Lipinski definition) is 4. The smallest absolute Gasteiger partial charge is 0.258 e. The molecule has 1 aromatic carbocycles. The first kappa shape index (κ1) is 11.6. The van der Waals surface area contributed by atoms with E-state index in [0.29, 0.717) is 5.71 Å². The Morgan fingerprint density at radius 1 is 1.53 bits per heavy atom. The highest BCUT2D eigenvalue weighted by molar-refractivity contribution is 8.32. The van der Waals surface area contributed by atoms with Crippen LogP contribution in [0.4, 0.5) is 5.69 Å². The molecule has 0 N–H and O–H groups in total. The van der Waals surface area contributed by atoms with E-state index < -0.39 is 15.1 Å². The Morgan fingerprint density at radius 2 is 2.24 bits per heavy atom. The third-order valence-electron chi connectivity index (χ3n) is 2.61. The van der Waals surface area contributed by atoms with Crippen molar-refractivity contribution in [2.45, 2.75) is 11.3 Å². The minimum absolute atomic E-state index is 0.0477. The summed E-state index contributed by atoms with van der Waals surface area (Å²) < 4.78 is 4.53. The molecule has 1 aromatic rings. The van der Waals surface area contributed by atoms with Gasteiger partial charge in [0.15, 0.2) is 0 Å². The summed E-state index contributed by atoms with van der Waals surface area (Å²) in [5.41, 5.74) is 1.48. The van der Waals surface area contributed by atoms with E-state index in [1.54, 1.807) is 6.07 Å². The van der Waals surface area contributed by atoms with Crippen LogP contribution < -0.4 is 0 Å². The van der Waals surface area contributed by atoms with E-state index in [9.17, 15) is 10.1 Å². The largest absolute Gasteiger partial charge is 0.270 e. The van der Waals surface area contributed by atoms with Gasteiger partial charge < -0.3 is 0 Å². The normalized spacial score (nSPS) is 17.8. The SMILES string of the molecule is CS1(C)N=C(CC#N)c2cc([N+](=O)[O-])ccc21. The Labute approximate surface area is 100 Å². The van der Waals surface area contributed by atoms with Crippen LogP contribution in [0.2, 0.25) is 0 Å². The highest BCUT2D eigenvalue weighted by Gasteiger charge is 2.29. The van der Waals surface area contributed by atoms with Gasteiger partial charge in [-0.2, -0.15) is 5.26 Å². The lowest BCUT2D eigenvalue weighted by Crippen LogP contribution is -1.98. The van der Waals surface area contributed by atoms with E-state index in [1.165, 1.54) is 12.1 Å². The van der Waals surface area contributed by atoms with E-state index in [0.717, 1.165) is 10.5 Å². The Balaban J connectivity index is 2.58. The van der Waals surface area contributed by atoms with Gasteiger partial charge in [-0.15, -0.1) is 10.2 Å². The predicted octanol–water partition coefficient (Wildman–Crippen LogP) is 2.65. The van der Waals surface area contributed by atoms with E-state index in [4.69, 9.17) is 5.26 Å². The summed E-state index contributed by atoms with van der Waals surface area (Å²) >= 11 is 0. The van der Waals surface area contributed by atoms with Gasteiger partial charge in [0.25, 0.3) is 5.69 Å². The zero-order chi connectivity index (χ0) is 12.6. The fourth-order valence-electron chi connectivity index (χ4n) is 1.87. The minimum atomic E-state index is -1.31. The molecule has 0 aromatic heterocycles. The molecular weight excluding hydrogens is 238 g/mol. The monoisotopic (exact) mass is 249 g/mol. The van der Waals surface area contributed by atoms with Crippen LogP contribution in [0.5, 0.6) is 0 Å². The number of benzene rings is 1. The van der Waals surface area contributed by atoms with Crippen molar-refractivity contribution in [2.75, 3.05) is 12.5 Å². The van der Waals surface area contributed by atoms with Gasteiger partial charge in [-0.25, -0.2) is 4.40 Å². The average molecular weight is 249 g/mol. The molecule has 1 heterocycles. The first-order valence-corrected chi connectivity index (χ1v) is 7.34. The van der Waals surface area contributed by atoms with Crippen LogP contribution in [0.1, 0.15) is 12.0 Å². The number of rotatable bonds is 2. The van der Waals surface area contributed by atoms with Crippen molar-refractivity contribution in [1.82, 2.24) is 0 Å². The highest BCUT2D eigenvalue weighted by Crippen LogP contribution is 2.57. The molecule has 1 aliphatic rings. The molecule has 1 aliphatic heterocycles. The molecule has 17 heavy (non-hydrogen) atoms. The summed E-state index contributed by atoms with van der Waals surface area (Å²) in [6.07, 6.45) is 4.23. The first-order valence-electron chi connectivity index (χ1n) is 4.93. The van der Waals surface area contributed by atoms with Crippen molar-refractivity contribution >= 4 is 21.6 Å². The molecule has 0 bridgehead atoms. The molecule has 6 heteroatoms. The topological polar surface area (TPSA) is 79.3 Å². The van der Waals surface area contributed by atoms with Gasteiger partial charge >= 0.3 is 0 Å². The van der Waals surface area contributed by atoms with E-state index >= 15 is 0 Å². The Bertz CT molecular complexity index is 573. The van der Waals surface area contributed by atoms with Crippen molar-refractivity contribution in [3.63, 3.8) is 0 Å². The molecule has 5 nitrogen and oxygen atoms in total. The standard InChI is InChI=1S/C11H11N3O2S/c1-17(2)11-4-3-8(14(15)16)7-9(11)10(13-17)5-6-12/h3-4,7H,5H2,1-2H3. The van der Waals surface area contributed by atoms with Crippen LogP contribution in [-0.4, -0.2) is 23.1 Å². The van der Waals surface area contributed by atoms with Gasteiger partial charge in [0.05, 0.1) is 23.1 Å². The lowest BCUT2D eigenvalue weighted by atomic mass is 10.1. The second-order valence-corrected chi connectivity index (χ2v) is 7.25. The van der Waals surface area contributed by atoms with Crippen molar-refractivity contribution in [3.05, 3.63) is 33.9 Å². The number of hydrogen-bond donors (Lipinski definition) is 0. The molecular formula is C11H11N3O2S. The predicted molar refractivity (Wildman–Crippen MR) is 67.6 cm³/mol. The number of nitro groups is 1. The average Bonchev–Trinajstić information content (AvgIpc) is 2.51. The zero-order valence-corrected chi connectivity index (χ0v) is 10.3. The van der Waals surface area contributed by atoms with E-state index in [1.807, 2.05) is 18.6 Å². The van der Waals surface area contributed by atoms with Crippen molar-refractivity contribution in [3.8, 4) is 6.07 Å². The van der Waals surface area contributed by atoms with Gasteiger partial charge in [-0.3, -0.25) is 10.1 Å². The zero-order valence-electron chi connectivity index (χ0n) is 9.51. The number of nitrogens with zero attached hydrogens (tertiary/aromatic N) is 3. The first-order chi connectivity index (χ1) is 7.95. The van der Waals surface area contributed by atoms with Crippen LogP contribution in [0, 0.1) is 21.4 Å². The van der Waals surface area contributed by atoms with Gasteiger partial charge in [-0.05, 0) is 18.6 Å². The van der Waals surface area contributed by atoms with Crippen molar-refractivity contribution in [1.29, 1.82) is 5.26 Å². The maximum absolute atomic E-state index is 10.7. The summed E-state index contributed by atoms with van der Waals surface area (Å²) in [4.78, 5) is 11.3. The van der Waals surface area contributed by atoms with Crippen LogP contribution in [0.25, 0.3) is 0 Å². The van der Waals surface area contributed by atoms with Crippen LogP contribution in [0.15, 0.2) is 27.5 Å². The lowest BCUT2D eigenvalue weighted by Gasteiger charge is -2.21. The molecule has 0 saturated heterocycles. The fourth-order valence-corrected chi connectivity index (χ4v) is 3.80. The van der Waals surface area contributed by atoms with E-state index in [2.05, 4.69) is 4.40 Å². The number of non-ortho nitro benzene ring substituents is 1. The Hall–Kier alpha value is -1.87. The van der Waals surface area contributed by atoms with Crippen molar-refractivity contribution in [2.24, 2.45) is 4.40 Å². The second-order valence-electron chi connectivity index (χ2n) is 4.08. The molecule has 0 spiro atoms. The van der Waals surface area contributed by atoms with E-state index in [-0.39, 0.29) is 12.1 Å². The molecule has 0 atom stereocenters. The summed E-state index contributed by atoms with van der Waals surface area (Å²) in [6.45, 7) is 0. The maximum atomic E-state index is 10.7. The number of nitriles is 1. The summed E-state index contributed by atoms with van der Waals surface area (Å²) in [7, 11) is -1.31. The van der Waals surface area contributed by atoms with Crippen LogP contribution in [-0.2, 0) is 0 Å². The number of fused-ring (bicyclic) bond motifs is 1.